The van der Waals surface area contributed by atoms with E-state index in [0.717, 1.165) is 23.3 Å². The van der Waals surface area contributed by atoms with Crippen LogP contribution >= 0.6 is 0 Å². The van der Waals surface area contributed by atoms with Gasteiger partial charge in [0.05, 0.1) is 38.0 Å². The fourth-order valence-electron chi connectivity index (χ4n) is 4.14. The van der Waals surface area contributed by atoms with Gasteiger partial charge in [0.25, 0.3) is 0 Å². The molecule has 1 amide bonds. The van der Waals surface area contributed by atoms with Gasteiger partial charge < -0.3 is 14.6 Å². The third kappa shape index (κ3) is 4.03. The van der Waals surface area contributed by atoms with E-state index in [-0.39, 0.29) is 29.9 Å². The zero-order valence-corrected chi connectivity index (χ0v) is 17.4. The van der Waals surface area contributed by atoms with Gasteiger partial charge in [-0.05, 0) is 48.7 Å². The fraction of sp³-hybridized carbons (Fsp3) is 0.292. The lowest BCUT2D eigenvalue weighted by molar-refractivity contribution is -0.138. The van der Waals surface area contributed by atoms with Crippen LogP contribution in [0.25, 0.3) is 0 Å². The number of hydrogen-bond acceptors (Lipinski definition) is 5. The van der Waals surface area contributed by atoms with Crippen LogP contribution in [0.15, 0.2) is 59.7 Å². The molecular formula is C24H24N2O5. The molecule has 7 nitrogen and oxygen atoms in total. The number of ether oxygens (including phenoxy) is 2. The van der Waals surface area contributed by atoms with Crippen LogP contribution in [0.2, 0.25) is 0 Å². The summed E-state index contributed by atoms with van der Waals surface area (Å²) in [5.74, 6) is 0.0738. The van der Waals surface area contributed by atoms with Gasteiger partial charge >= 0.3 is 5.97 Å². The van der Waals surface area contributed by atoms with Crippen LogP contribution in [0.5, 0.6) is 11.5 Å². The second-order valence-corrected chi connectivity index (χ2v) is 7.61. The van der Waals surface area contributed by atoms with E-state index in [1.807, 2.05) is 18.2 Å². The minimum absolute atomic E-state index is 0.00115. The Morgan fingerprint density at radius 2 is 1.71 bits per heavy atom. The summed E-state index contributed by atoms with van der Waals surface area (Å²) in [5.41, 5.74) is 2.76. The Bertz CT molecular complexity index is 1060. The molecule has 1 heterocycles. The summed E-state index contributed by atoms with van der Waals surface area (Å²) >= 11 is 0. The highest BCUT2D eigenvalue weighted by Gasteiger charge is 2.40. The number of amides is 1. The van der Waals surface area contributed by atoms with Gasteiger partial charge in [0.2, 0.25) is 5.91 Å². The number of carboxylic acids is 1. The number of carbonyl (C=O) groups is 2. The summed E-state index contributed by atoms with van der Waals surface area (Å²) in [6.45, 7) is 0.280. The number of nitrogens with zero attached hydrogens (tertiary/aromatic N) is 2. The highest BCUT2D eigenvalue weighted by molar-refractivity contribution is 6.07. The summed E-state index contributed by atoms with van der Waals surface area (Å²) in [7, 11) is 3.18. The minimum Gasteiger partial charge on any atom is -0.493 e. The van der Waals surface area contributed by atoms with E-state index in [0.29, 0.717) is 17.9 Å². The number of hydrazone groups is 1. The minimum atomic E-state index is -0.980. The molecule has 0 radical (unpaired) electrons. The smallest absolute Gasteiger partial charge is 0.335 e. The third-order valence-corrected chi connectivity index (χ3v) is 5.80. The van der Waals surface area contributed by atoms with E-state index >= 15 is 0 Å². The van der Waals surface area contributed by atoms with Gasteiger partial charge in [0.15, 0.2) is 11.5 Å². The molecule has 0 bridgehead atoms. The molecule has 1 aliphatic heterocycles. The molecule has 1 N–H and O–H groups in total. The van der Waals surface area contributed by atoms with Crippen LogP contribution in [0.3, 0.4) is 0 Å². The molecule has 4 rings (SSSR count). The van der Waals surface area contributed by atoms with Crippen LogP contribution in [0.4, 0.5) is 0 Å². The van der Waals surface area contributed by atoms with Crippen molar-refractivity contribution in [2.75, 3.05) is 14.2 Å². The molecule has 2 aromatic carbocycles. The maximum atomic E-state index is 13.2. The highest BCUT2D eigenvalue weighted by atomic mass is 16.5. The second kappa shape index (κ2) is 8.63. The van der Waals surface area contributed by atoms with Crippen molar-refractivity contribution in [2.45, 2.75) is 19.4 Å². The van der Waals surface area contributed by atoms with Crippen LogP contribution in [-0.2, 0) is 11.3 Å². The number of benzene rings is 2. The van der Waals surface area contributed by atoms with Crippen molar-refractivity contribution in [3.05, 3.63) is 71.3 Å². The Morgan fingerprint density at radius 3 is 2.35 bits per heavy atom. The predicted octanol–water partition coefficient (Wildman–Crippen LogP) is 3.73. The first-order valence-electron chi connectivity index (χ1n) is 10.1. The molecular weight excluding hydrogens is 396 g/mol. The molecule has 0 spiro atoms. The lowest BCUT2D eigenvalue weighted by Crippen LogP contribution is -2.45. The lowest BCUT2D eigenvalue weighted by Gasteiger charge is -2.37. The molecule has 31 heavy (non-hydrogen) atoms. The number of methoxy groups -OCH3 is 2. The molecule has 2 aliphatic rings. The van der Waals surface area contributed by atoms with Crippen molar-refractivity contribution in [3.8, 4) is 11.5 Å². The number of carbonyl (C=O) groups excluding carboxylic acids is 1. The van der Waals surface area contributed by atoms with Gasteiger partial charge in [-0.1, -0.05) is 24.3 Å². The SMILES string of the molecule is COc1ccc(C2=NN(Cc3ccc(C(=O)O)cc3)C(=O)[C@@H]3CC=CC[C@H]23)cc1OC. The number of hydrogen-bond donors (Lipinski definition) is 1. The normalized spacial score (nSPS) is 20.1. The van der Waals surface area contributed by atoms with E-state index in [4.69, 9.17) is 19.7 Å². The van der Waals surface area contributed by atoms with Gasteiger partial charge in [0, 0.05) is 11.5 Å². The molecule has 2 atom stereocenters. The first-order chi connectivity index (χ1) is 15.0. The Hall–Kier alpha value is -3.61. The van der Waals surface area contributed by atoms with Crippen LogP contribution in [0.1, 0.15) is 34.3 Å². The monoisotopic (exact) mass is 420 g/mol. The van der Waals surface area contributed by atoms with E-state index < -0.39 is 5.97 Å². The van der Waals surface area contributed by atoms with Crippen molar-refractivity contribution < 1.29 is 24.2 Å². The summed E-state index contributed by atoms with van der Waals surface area (Å²) in [6, 6.07) is 12.2. The first-order valence-corrected chi connectivity index (χ1v) is 10.1. The summed E-state index contributed by atoms with van der Waals surface area (Å²) in [4.78, 5) is 24.3. The molecule has 0 unspecified atom stereocenters. The number of carboxylic acid groups (broad SMARTS) is 1. The average molecular weight is 420 g/mol. The van der Waals surface area contributed by atoms with Crippen molar-refractivity contribution in [2.24, 2.45) is 16.9 Å². The van der Waals surface area contributed by atoms with Gasteiger partial charge in [0.1, 0.15) is 0 Å². The molecule has 0 fully saturated rings. The molecule has 1 aliphatic carbocycles. The molecule has 0 saturated carbocycles. The topological polar surface area (TPSA) is 88.4 Å². The zero-order chi connectivity index (χ0) is 22.0. The van der Waals surface area contributed by atoms with E-state index in [2.05, 4.69) is 12.2 Å². The Balaban J connectivity index is 1.70. The second-order valence-electron chi connectivity index (χ2n) is 7.61. The van der Waals surface area contributed by atoms with Crippen molar-refractivity contribution in [1.82, 2.24) is 5.01 Å². The molecule has 160 valence electrons. The van der Waals surface area contributed by atoms with E-state index in [1.54, 1.807) is 26.4 Å². The van der Waals surface area contributed by atoms with Crippen LogP contribution in [0, 0.1) is 11.8 Å². The summed E-state index contributed by atoms with van der Waals surface area (Å²) < 4.78 is 10.8. The largest absolute Gasteiger partial charge is 0.493 e. The molecule has 7 heteroatoms. The maximum Gasteiger partial charge on any atom is 0.335 e. The third-order valence-electron chi connectivity index (χ3n) is 5.80. The standard InChI is InChI=1S/C24H24N2O5/c1-30-20-12-11-17(13-21(20)31-2)22-18-5-3-4-6-19(18)23(27)26(25-22)14-15-7-9-16(10-8-15)24(28)29/h3-4,7-13,18-19H,5-6,14H2,1-2H3,(H,28,29)/t18-,19+/m0/s1. The van der Waals surface area contributed by atoms with Gasteiger partial charge in [-0.3, -0.25) is 4.79 Å². The van der Waals surface area contributed by atoms with Crippen molar-refractivity contribution in [1.29, 1.82) is 0 Å². The maximum absolute atomic E-state index is 13.2. The fourth-order valence-corrected chi connectivity index (χ4v) is 4.14. The van der Waals surface area contributed by atoms with Gasteiger partial charge in [-0.2, -0.15) is 5.10 Å². The number of allylic oxidation sites excluding steroid dienone is 2. The van der Waals surface area contributed by atoms with Gasteiger partial charge in [-0.25, -0.2) is 9.80 Å². The Labute approximate surface area is 180 Å². The average Bonchev–Trinajstić information content (AvgIpc) is 2.80. The molecule has 0 aromatic heterocycles. The van der Waals surface area contributed by atoms with E-state index in [1.165, 1.54) is 17.1 Å². The molecule has 2 aromatic rings. The van der Waals surface area contributed by atoms with Crippen LogP contribution < -0.4 is 9.47 Å². The zero-order valence-electron chi connectivity index (χ0n) is 17.4. The Kier molecular flexibility index (Phi) is 5.75. The number of rotatable bonds is 6. The molecule has 0 saturated heterocycles. The first kappa shape index (κ1) is 20.7. The van der Waals surface area contributed by atoms with Crippen molar-refractivity contribution >= 4 is 17.6 Å². The number of fused-ring (bicyclic) bond motifs is 1. The Morgan fingerprint density at radius 1 is 1.03 bits per heavy atom. The summed E-state index contributed by atoms with van der Waals surface area (Å²) in [6.07, 6.45) is 5.58. The van der Waals surface area contributed by atoms with Crippen molar-refractivity contribution in [3.63, 3.8) is 0 Å². The summed E-state index contributed by atoms with van der Waals surface area (Å²) in [5, 5.41) is 15.4. The highest BCUT2D eigenvalue weighted by Crippen LogP contribution is 2.37. The van der Waals surface area contributed by atoms with Crippen LogP contribution in [-0.4, -0.2) is 41.9 Å². The predicted molar refractivity (Wildman–Crippen MR) is 115 cm³/mol. The van der Waals surface area contributed by atoms with Gasteiger partial charge in [-0.15, -0.1) is 0 Å². The lowest BCUT2D eigenvalue weighted by atomic mass is 9.76. The quantitative estimate of drug-likeness (QED) is 0.720. The number of aromatic carboxylic acids is 1. The van der Waals surface area contributed by atoms with E-state index in [9.17, 15) is 9.59 Å².